The molecule has 3 nitrogen and oxygen atoms in total. The maximum Gasteiger partial charge on any atom is 0.0628 e. The fraction of sp³-hybridized carbons (Fsp3) is 1.00. The minimum atomic E-state index is 0.0177. The van der Waals surface area contributed by atoms with Crippen molar-refractivity contribution in [2.24, 2.45) is 11.8 Å². The first kappa shape index (κ1) is 12.9. The number of aliphatic hydroxyl groups is 1. The highest BCUT2D eigenvalue weighted by Gasteiger charge is 2.48. The van der Waals surface area contributed by atoms with Crippen LogP contribution in [0.15, 0.2) is 0 Å². The zero-order chi connectivity index (χ0) is 12.6. The van der Waals surface area contributed by atoms with Crippen LogP contribution < -0.4 is 5.32 Å². The van der Waals surface area contributed by atoms with E-state index in [4.69, 9.17) is 0 Å². The van der Waals surface area contributed by atoms with Gasteiger partial charge in [-0.25, -0.2) is 0 Å². The number of nitrogens with zero attached hydrogens (tertiary/aromatic N) is 1. The Labute approximate surface area is 111 Å². The zero-order valence-corrected chi connectivity index (χ0v) is 11.7. The second-order valence-electron chi connectivity index (χ2n) is 6.81. The Morgan fingerprint density at radius 2 is 2.00 bits per heavy atom. The predicted molar refractivity (Wildman–Crippen MR) is 73.5 cm³/mol. The van der Waals surface area contributed by atoms with Gasteiger partial charge in [0.15, 0.2) is 0 Å². The summed E-state index contributed by atoms with van der Waals surface area (Å²) in [4.78, 5) is 2.60. The van der Waals surface area contributed by atoms with Crippen LogP contribution in [0.25, 0.3) is 0 Å². The lowest BCUT2D eigenvalue weighted by Gasteiger charge is -2.37. The number of hydrogen-bond donors (Lipinski definition) is 2. The van der Waals surface area contributed by atoms with Gasteiger partial charge in [-0.15, -0.1) is 0 Å². The first-order chi connectivity index (χ1) is 8.75. The van der Waals surface area contributed by atoms with E-state index in [1.807, 2.05) is 0 Å². The molecule has 0 radical (unpaired) electrons. The van der Waals surface area contributed by atoms with Crippen LogP contribution in [0.2, 0.25) is 0 Å². The molecule has 0 aromatic heterocycles. The molecule has 3 aliphatic rings. The Morgan fingerprint density at radius 1 is 1.22 bits per heavy atom. The third-order valence-electron chi connectivity index (χ3n) is 5.16. The molecule has 1 aliphatic heterocycles. The molecule has 2 aliphatic carbocycles. The van der Waals surface area contributed by atoms with Crippen molar-refractivity contribution in [2.75, 3.05) is 26.2 Å². The standard InChI is InChI=1S/C15H28N2O/c1-2-12-7-8-17(9-12)10-15(11-18,13-3-4-13)16-14-5-6-14/h12-14,16,18H,2-11H2,1H3. The van der Waals surface area contributed by atoms with Crippen molar-refractivity contribution in [1.82, 2.24) is 10.2 Å². The SMILES string of the molecule is CCC1CCN(CC(CO)(NC2CC2)C2CC2)C1. The molecule has 3 rings (SSSR count). The molecular formula is C15H28N2O. The Hall–Kier alpha value is -0.120. The van der Waals surface area contributed by atoms with Crippen LogP contribution in [-0.2, 0) is 0 Å². The molecule has 3 heteroatoms. The van der Waals surface area contributed by atoms with Crippen molar-refractivity contribution in [3.63, 3.8) is 0 Å². The van der Waals surface area contributed by atoms with Crippen molar-refractivity contribution in [1.29, 1.82) is 0 Å². The van der Waals surface area contributed by atoms with Gasteiger partial charge in [-0.3, -0.25) is 0 Å². The lowest BCUT2D eigenvalue weighted by atomic mass is 9.93. The Balaban J connectivity index is 1.61. The van der Waals surface area contributed by atoms with Crippen molar-refractivity contribution in [3.05, 3.63) is 0 Å². The fourth-order valence-corrected chi connectivity index (χ4v) is 3.58. The summed E-state index contributed by atoms with van der Waals surface area (Å²) >= 11 is 0. The predicted octanol–water partition coefficient (Wildman–Crippen LogP) is 1.61. The molecule has 2 saturated carbocycles. The first-order valence-corrected chi connectivity index (χ1v) is 7.86. The number of likely N-dealkylation sites (tertiary alicyclic amines) is 1. The van der Waals surface area contributed by atoms with Gasteiger partial charge in [0, 0.05) is 19.1 Å². The number of nitrogens with one attached hydrogen (secondary N) is 1. The summed E-state index contributed by atoms with van der Waals surface area (Å²) in [6.07, 6.45) is 7.91. The number of hydrogen-bond acceptors (Lipinski definition) is 3. The summed E-state index contributed by atoms with van der Waals surface area (Å²) in [5, 5.41) is 13.7. The van der Waals surface area contributed by atoms with E-state index in [1.54, 1.807) is 0 Å². The average molecular weight is 252 g/mol. The number of aliphatic hydroxyl groups excluding tert-OH is 1. The van der Waals surface area contributed by atoms with Crippen LogP contribution in [0, 0.1) is 11.8 Å². The summed E-state index contributed by atoms with van der Waals surface area (Å²) in [6.45, 7) is 6.18. The third kappa shape index (κ3) is 2.73. The van der Waals surface area contributed by atoms with Gasteiger partial charge in [-0.2, -0.15) is 0 Å². The maximum atomic E-state index is 9.96. The Kier molecular flexibility index (Phi) is 3.65. The Bertz CT molecular complexity index is 288. The highest BCUT2D eigenvalue weighted by molar-refractivity contribution is 5.06. The zero-order valence-electron chi connectivity index (χ0n) is 11.7. The topological polar surface area (TPSA) is 35.5 Å². The van der Waals surface area contributed by atoms with Crippen LogP contribution in [0.1, 0.15) is 45.4 Å². The summed E-state index contributed by atoms with van der Waals surface area (Å²) < 4.78 is 0. The van der Waals surface area contributed by atoms with E-state index in [0.29, 0.717) is 12.6 Å². The summed E-state index contributed by atoms with van der Waals surface area (Å²) in [6, 6.07) is 0.697. The van der Waals surface area contributed by atoms with Crippen LogP contribution in [-0.4, -0.2) is 47.8 Å². The summed E-state index contributed by atoms with van der Waals surface area (Å²) in [5.41, 5.74) is 0.0177. The quantitative estimate of drug-likeness (QED) is 0.722. The van der Waals surface area contributed by atoms with E-state index < -0.39 is 0 Å². The molecule has 0 bridgehead atoms. The molecule has 2 atom stereocenters. The molecule has 0 amide bonds. The van der Waals surface area contributed by atoms with Gasteiger partial charge in [0.05, 0.1) is 12.1 Å². The minimum absolute atomic E-state index is 0.0177. The van der Waals surface area contributed by atoms with E-state index in [2.05, 4.69) is 17.1 Å². The van der Waals surface area contributed by atoms with Crippen molar-refractivity contribution in [3.8, 4) is 0 Å². The Morgan fingerprint density at radius 3 is 2.50 bits per heavy atom. The third-order valence-corrected chi connectivity index (χ3v) is 5.16. The molecule has 104 valence electrons. The van der Waals surface area contributed by atoms with Gasteiger partial charge >= 0.3 is 0 Å². The smallest absolute Gasteiger partial charge is 0.0628 e. The second kappa shape index (κ2) is 5.10. The largest absolute Gasteiger partial charge is 0.394 e. The lowest BCUT2D eigenvalue weighted by molar-refractivity contribution is 0.0967. The van der Waals surface area contributed by atoms with Crippen LogP contribution >= 0.6 is 0 Å². The monoisotopic (exact) mass is 252 g/mol. The molecule has 2 unspecified atom stereocenters. The van der Waals surface area contributed by atoms with Crippen molar-refractivity contribution in [2.45, 2.75) is 57.0 Å². The van der Waals surface area contributed by atoms with Crippen molar-refractivity contribution >= 4 is 0 Å². The van der Waals surface area contributed by atoms with Gasteiger partial charge in [0.2, 0.25) is 0 Å². The molecule has 0 spiro atoms. The van der Waals surface area contributed by atoms with Gasteiger partial charge in [-0.05, 0) is 50.5 Å². The highest BCUT2D eigenvalue weighted by atomic mass is 16.3. The van der Waals surface area contributed by atoms with E-state index in [-0.39, 0.29) is 5.54 Å². The van der Waals surface area contributed by atoms with E-state index in [0.717, 1.165) is 18.4 Å². The molecule has 1 saturated heterocycles. The fourth-order valence-electron chi connectivity index (χ4n) is 3.58. The van der Waals surface area contributed by atoms with Crippen LogP contribution in [0.5, 0.6) is 0 Å². The van der Waals surface area contributed by atoms with Crippen LogP contribution in [0.4, 0.5) is 0 Å². The summed E-state index contributed by atoms with van der Waals surface area (Å²) in [5.74, 6) is 1.62. The molecule has 2 N–H and O–H groups in total. The molecule has 1 heterocycles. The van der Waals surface area contributed by atoms with E-state index in [1.165, 1.54) is 51.6 Å². The first-order valence-electron chi connectivity index (χ1n) is 7.86. The van der Waals surface area contributed by atoms with Crippen molar-refractivity contribution < 1.29 is 5.11 Å². The van der Waals surface area contributed by atoms with Crippen LogP contribution in [0.3, 0.4) is 0 Å². The molecule has 0 aromatic carbocycles. The normalized spacial score (nSPS) is 32.7. The maximum absolute atomic E-state index is 9.96. The molecule has 18 heavy (non-hydrogen) atoms. The molecule has 3 fully saturated rings. The summed E-state index contributed by atoms with van der Waals surface area (Å²) in [7, 11) is 0. The molecular weight excluding hydrogens is 224 g/mol. The minimum Gasteiger partial charge on any atom is -0.394 e. The lowest BCUT2D eigenvalue weighted by Crippen LogP contribution is -2.58. The van der Waals surface area contributed by atoms with Gasteiger partial charge < -0.3 is 15.3 Å². The van der Waals surface area contributed by atoms with E-state index >= 15 is 0 Å². The van der Waals surface area contributed by atoms with E-state index in [9.17, 15) is 5.11 Å². The highest BCUT2D eigenvalue weighted by Crippen LogP contribution is 2.42. The average Bonchev–Trinajstić information content (AvgIpc) is 3.28. The second-order valence-corrected chi connectivity index (χ2v) is 6.81. The molecule has 0 aromatic rings. The van der Waals surface area contributed by atoms with Gasteiger partial charge in [0.1, 0.15) is 0 Å². The number of rotatable bonds is 7. The van der Waals surface area contributed by atoms with Gasteiger partial charge in [0.25, 0.3) is 0 Å². The van der Waals surface area contributed by atoms with Gasteiger partial charge in [-0.1, -0.05) is 13.3 Å².